The van der Waals surface area contributed by atoms with Crippen molar-refractivity contribution in [2.24, 2.45) is 11.0 Å². The number of furan rings is 1. The van der Waals surface area contributed by atoms with E-state index in [1.54, 1.807) is 13.0 Å². The molecule has 1 aliphatic carbocycles. The van der Waals surface area contributed by atoms with E-state index in [1.165, 1.54) is 38.4 Å². The molecule has 1 aromatic rings. The van der Waals surface area contributed by atoms with Gasteiger partial charge in [0, 0.05) is 6.21 Å². The van der Waals surface area contributed by atoms with E-state index < -0.39 is 0 Å². The number of amides is 1. The van der Waals surface area contributed by atoms with Crippen LogP contribution in [0.5, 0.6) is 0 Å². The van der Waals surface area contributed by atoms with Crippen LogP contribution in [-0.4, -0.2) is 12.1 Å². The van der Waals surface area contributed by atoms with Gasteiger partial charge >= 0.3 is 0 Å². The van der Waals surface area contributed by atoms with Gasteiger partial charge in [0.05, 0.1) is 11.8 Å². The van der Waals surface area contributed by atoms with Gasteiger partial charge in [-0.25, -0.2) is 5.43 Å². The summed E-state index contributed by atoms with van der Waals surface area (Å²) in [5.41, 5.74) is 3.09. The third-order valence-corrected chi connectivity index (χ3v) is 3.20. The number of rotatable bonds is 3. The van der Waals surface area contributed by atoms with Crippen molar-refractivity contribution >= 4 is 12.1 Å². The summed E-state index contributed by atoms with van der Waals surface area (Å²) in [6.45, 7) is 1.76. The third kappa shape index (κ3) is 3.19. The first-order valence-electron chi connectivity index (χ1n) is 6.15. The Kier molecular flexibility index (Phi) is 3.96. The van der Waals surface area contributed by atoms with Gasteiger partial charge in [-0.05, 0) is 31.7 Å². The number of carbonyl (C=O) groups is 1. The van der Waals surface area contributed by atoms with Crippen LogP contribution in [-0.2, 0) is 0 Å². The normalized spacial score (nSPS) is 17.5. The number of nitrogens with zero attached hydrogens (tertiary/aromatic N) is 1. The van der Waals surface area contributed by atoms with Gasteiger partial charge in [-0.1, -0.05) is 19.3 Å². The van der Waals surface area contributed by atoms with Gasteiger partial charge in [-0.2, -0.15) is 5.10 Å². The van der Waals surface area contributed by atoms with Crippen LogP contribution in [0.2, 0.25) is 0 Å². The van der Waals surface area contributed by atoms with Gasteiger partial charge < -0.3 is 4.42 Å². The molecule has 1 N–H and O–H groups in total. The van der Waals surface area contributed by atoms with Crippen LogP contribution >= 0.6 is 0 Å². The molecular formula is C13H18N2O2. The number of carbonyl (C=O) groups excluding carboxylic acids is 1. The molecule has 0 saturated heterocycles. The van der Waals surface area contributed by atoms with E-state index in [0.29, 0.717) is 17.2 Å². The predicted octanol–water partition coefficient (Wildman–Crippen LogP) is 2.88. The number of hydrogen-bond donors (Lipinski definition) is 1. The molecule has 4 heteroatoms. The van der Waals surface area contributed by atoms with E-state index in [0.717, 1.165) is 0 Å². The molecule has 0 spiro atoms. The summed E-state index contributed by atoms with van der Waals surface area (Å²) < 4.78 is 5.07. The number of hydrazone groups is 1. The SMILES string of the molecule is Cc1occc1C(=O)NN=CC1CCCCC1. The van der Waals surface area contributed by atoms with Crippen molar-refractivity contribution in [2.75, 3.05) is 0 Å². The van der Waals surface area contributed by atoms with Crippen LogP contribution in [0.25, 0.3) is 0 Å². The fourth-order valence-electron chi connectivity index (χ4n) is 2.17. The molecule has 1 amide bonds. The van der Waals surface area contributed by atoms with Gasteiger partial charge in [0.15, 0.2) is 0 Å². The zero-order valence-corrected chi connectivity index (χ0v) is 10.1. The Morgan fingerprint density at radius 1 is 1.47 bits per heavy atom. The number of hydrogen-bond acceptors (Lipinski definition) is 3. The van der Waals surface area contributed by atoms with Crippen LogP contribution in [0, 0.1) is 12.8 Å². The smallest absolute Gasteiger partial charge is 0.274 e. The Morgan fingerprint density at radius 2 is 2.24 bits per heavy atom. The van der Waals surface area contributed by atoms with Crippen molar-refractivity contribution in [1.29, 1.82) is 0 Å². The molecule has 1 saturated carbocycles. The van der Waals surface area contributed by atoms with Crippen molar-refractivity contribution in [3.8, 4) is 0 Å². The lowest BCUT2D eigenvalue weighted by molar-refractivity contribution is 0.0953. The second-order valence-electron chi connectivity index (χ2n) is 4.51. The molecule has 0 unspecified atom stereocenters. The molecule has 1 heterocycles. The molecule has 17 heavy (non-hydrogen) atoms. The molecule has 0 aromatic carbocycles. The fourth-order valence-corrected chi connectivity index (χ4v) is 2.17. The zero-order chi connectivity index (χ0) is 12.1. The van der Waals surface area contributed by atoms with Gasteiger partial charge in [0.1, 0.15) is 5.76 Å². The average Bonchev–Trinajstić information content (AvgIpc) is 2.77. The highest BCUT2D eigenvalue weighted by Crippen LogP contribution is 2.21. The minimum Gasteiger partial charge on any atom is -0.469 e. The Hall–Kier alpha value is -1.58. The fraction of sp³-hybridized carbons (Fsp3) is 0.538. The lowest BCUT2D eigenvalue weighted by atomic mass is 9.90. The van der Waals surface area contributed by atoms with Crippen LogP contribution in [0.15, 0.2) is 21.8 Å². The topological polar surface area (TPSA) is 54.6 Å². The van der Waals surface area contributed by atoms with Crippen LogP contribution in [0.3, 0.4) is 0 Å². The summed E-state index contributed by atoms with van der Waals surface area (Å²) in [7, 11) is 0. The Morgan fingerprint density at radius 3 is 2.88 bits per heavy atom. The minimum absolute atomic E-state index is 0.205. The third-order valence-electron chi connectivity index (χ3n) is 3.20. The van der Waals surface area contributed by atoms with Crippen molar-refractivity contribution in [1.82, 2.24) is 5.43 Å². The summed E-state index contributed by atoms with van der Waals surface area (Å²) in [6.07, 6.45) is 9.61. The monoisotopic (exact) mass is 234 g/mol. The van der Waals surface area contributed by atoms with Crippen LogP contribution < -0.4 is 5.43 Å². The van der Waals surface area contributed by atoms with Gasteiger partial charge in [-0.15, -0.1) is 0 Å². The summed E-state index contributed by atoms with van der Waals surface area (Å²) in [4.78, 5) is 11.7. The first kappa shape index (κ1) is 11.9. The van der Waals surface area contributed by atoms with Crippen LogP contribution in [0.4, 0.5) is 0 Å². The second kappa shape index (κ2) is 5.66. The molecule has 1 fully saturated rings. The lowest BCUT2D eigenvalue weighted by Crippen LogP contribution is -2.19. The largest absolute Gasteiger partial charge is 0.469 e. The van der Waals surface area contributed by atoms with Gasteiger partial charge in [0.25, 0.3) is 5.91 Å². The molecule has 1 aromatic heterocycles. The molecule has 4 nitrogen and oxygen atoms in total. The summed E-state index contributed by atoms with van der Waals surface area (Å²) in [5, 5.41) is 4.03. The lowest BCUT2D eigenvalue weighted by Gasteiger charge is -2.16. The van der Waals surface area contributed by atoms with E-state index in [-0.39, 0.29) is 5.91 Å². The zero-order valence-electron chi connectivity index (χ0n) is 10.1. The minimum atomic E-state index is -0.205. The Bertz CT molecular complexity index is 403. The van der Waals surface area contributed by atoms with E-state index in [1.807, 2.05) is 6.21 Å². The maximum Gasteiger partial charge on any atom is 0.274 e. The average molecular weight is 234 g/mol. The van der Waals surface area contributed by atoms with Gasteiger partial charge in [-0.3, -0.25) is 4.79 Å². The molecule has 2 rings (SSSR count). The highest BCUT2D eigenvalue weighted by Gasteiger charge is 2.12. The van der Waals surface area contributed by atoms with Crippen molar-refractivity contribution in [3.63, 3.8) is 0 Å². The molecule has 92 valence electrons. The molecular weight excluding hydrogens is 216 g/mol. The van der Waals surface area contributed by atoms with E-state index in [4.69, 9.17) is 4.42 Å². The van der Waals surface area contributed by atoms with E-state index >= 15 is 0 Å². The maximum atomic E-state index is 11.7. The Balaban J connectivity index is 1.83. The van der Waals surface area contributed by atoms with Crippen LogP contribution in [0.1, 0.15) is 48.2 Å². The maximum absolute atomic E-state index is 11.7. The van der Waals surface area contributed by atoms with Crippen molar-refractivity contribution in [3.05, 3.63) is 23.7 Å². The standard InChI is InChI=1S/C13H18N2O2/c1-10-12(7-8-17-10)13(16)15-14-9-11-5-3-2-4-6-11/h7-9,11H,2-6H2,1H3,(H,15,16). The first-order valence-corrected chi connectivity index (χ1v) is 6.15. The summed E-state index contributed by atoms with van der Waals surface area (Å²) in [5.74, 6) is 0.938. The van der Waals surface area contributed by atoms with Gasteiger partial charge in [0.2, 0.25) is 0 Å². The molecule has 0 aliphatic heterocycles. The van der Waals surface area contributed by atoms with E-state index in [2.05, 4.69) is 10.5 Å². The molecule has 1 aliphatic rings. The first-order chi connectivity index (χ1) is 8.27. The summed E-state index contributed by atoms with van der Waals surface area (Å²) in [6, 6.07) is 1.65. The molecule has 0 bridgehead atoms. The molecule has 0 atom stereocenters. The highest BCUT2D eigenvalue weighted by molar-refractivity contribution is 5.95. The van der Waals surface area contributed by atoms with E-state index in [9.17, 15) is 4.79 Å². The molecule has 0 radical (unpaired) electrons. The van der Waals surface area contributed by atoms with Crippen molar-refractivity contribution in [2.45, 2.75) is 39.0 Å². The number of nitrogens with one attached hydrogen (secondary N) is 1. The second-order valence-corrected chi connectivity index (χ2v) is 4.51. The quantitative estimate of drug-likeness (QED) is 0.645. The van der Waals surface area contributed by atoms with Crippen molar-refractivity contribution < 1.29 is 9.21 Å². The highest BCUT2D eigenvalue weighted by atomic mass is 16.3. The number of aryl methyl sites for hydroxylation is 1. The predicted molar refractivity (Wildman–Crippen MR) is 66.0 cm³/mol. The summed E-state index contributed by atoms with van der Waals surface area (Å²) >= 11 is 0. The Labute approximate surface area is 101 Å².